The van der Waals surface area contributed by atoms with E-state index in [9.17, 15) is 49.5 Å². The second-order valence-corrected chi connectivity index (χ2v) is 12.2. The Morgan fingerprint density at radius 1 is 1.17 bits per heavy atom. The van der Waals surface area contributed by atoms with Crippen LogP contribution in [0.15, 0.2) is 30.4 Å². The maximum Gasteiger partial charge on any atom is 0.432 e. The Morgan fingerprint density at radius 2 is 1.80 bits per heavy atom. The molecular formula is C23H18F5IO11S. The molecule has 1 aromatic carbocycles. The van der Waals surface area contributed by atoms with Crippen molar-refractivity contribution in [3.8, 4) is 5.75 Å². The first-order chi connectivity index (χ1) is 18.8. The molecule has 18 heteroatoms. The lowest BCUT2D eigenvalue weighted by molar-refractivity contribution is -0.261. The van der Waals surface area contributed by atoms with Crippen LogP contribution in [0, 0.1) is 27.2 Å². The number of alkyl halides is 5. The SMILES string of the molecule is C=C(C)C(=O)Oc1ccc(I)c(C(=O)OC2C3CC4C2OC(=O)C4C3C(=O)OC(C(F)(F)F)C(F)(F)S(=O)(=O)O)c1. The van der Waals surface area contributed by atoms with Crippen LogP contribution in [-0.2, 0) is 38.7 Å². The summed E-state index contributed by atoms with van der Waals surface area (Å²) in [4.78, 5) is 50.2. The maximum absolute atomic E-state index is 14.0. The molecule has 7 unspecified atom stereocenters. The number of halogens is 6. The van der Waals surface area contributed by atoms with Crippen LogP contribution in [0.1, 0.15) is 23.7 Å². The van der Waals surface area contributed by atoms with E-state index < -0.39 is 87.4 Å². The summed E-state index contributed by atoms with van der Waals surface area (Å²) in [5, 5.41) is -5.97. The van der Waals surface area contributed by atoms with Crippen LogP contribution in [0.3, 0.4) is 0 Å². The van der Waals surface area contributed by atoms with Gasteiger partial charge in [-0.05, 0) is 54.1 Å². The van der Waals surface area contributed by atoms with Crippen LogP contribution in [0.25, 0.3) is 0 Å². The van der Waals surface area contributed by atoms with Crippen molar-refractivity contribution in [1.29, 1.82) is 0 Å². The summed E-state index contributed by atoms with van der Waals surface area (Å²) < 4.78 is 119. The quantitative estimate of drug-likeness (QED) is 0.0799. The number of hydrogen-bond donors (Lipinski definition) is 1. The number of carbonyl (C=O) groups is 4. The fraction of sp³-hybridized carbons (Fsp3) is 0.478. The van der Waals surface area contributed by atoms with Crippen LogP contribution < -0.4 is 4.74 Å². The van der Waals surface area contributed by atoms with Gasteiger partial charge in [0, 0.05) is 21.0 Å². The fourth-order valence-electron chi connectivity index (χ4n) is 5.23. The molecule has 1 saturated heterocycles. The number of hydrogen-bond acceptors (Lipinski definition) is 10. The molecule has 0 aromatic heterocycles. The molecule has 0 spiro atoms. The van der Waals surface area contributed by atoms with E-state index in [0.29, 0.717) is 3.57 Å². The summed E-state index contributed by atoms with van der Waals surface area (Å²) in [6, 6.07) is 3.92. The molecule has 224 valence electrons. The summed E-state index contributed by atoms with van der Waals surface area (Å²) in [7, 11) is -6.69. The minimum atomic E-state index is -6.69. The van der Waals surface area contributed by atoms with Gasteiger partial charge in [-0.15, -0.1) is 0 Å². The summed E-state index contributed by atoms with van der Waals surface area (Å²) in [5.41, 5.74) is -0.0716. The van der Waals surface area contributed by atoms with E-state index >= 15 is 0 Å². The minimum absolute atomic E-state index is 0.0623. The van der Waals surface area contributed by atoms with Crippen molar-refractivity contribution in [3.63, 3.8) is 0 Å². The van der Waals surface area contributed by atoms with Gasteiger partial charge >= 0.3 is 45.4 Å². The van der Waals surface area contributed by atoms with E-state index in [0.717, 1.165) is 6.07 Å². The average Bonchev–Trinajstić information content (AvgIpc) is 3.45. The number of ether oxygens (including phenoxy) is 4. The van der Waals surface area contributed by atoms with E-state index in [-0.39, 0.29) is 23.3 Å². The van der Waals surface area contributed by atoms with Gasteiger partial charge in [0.15, 0.2) is 0 Å². The highest BCUT2D eigenvalue weighted by molar-refractivity contribution is 14.1. The largest absolute Gasteiger partial charge is 0.458 e. The second kappa shape index (κ2) is 10.4. The first kappa shape index (κ1) is 31.1. The molecule has 3 fully saturated rings. The Labute approximate surface area is 241 Å². The Kier molecular flexibility index (Phi) is 7.91. The molecule has 1 N–H and O–H groups in total. The summed E-state index contributed by atoms with van der Waals surface area (Å²) in [5.74, 6) is -10.4. The van der Waals surface area contributed by atoms with Crippen LogP contribution in [0.5, 0.6) is 5.75 Å². The molecule has 1 heterocycles. The Morgan fingerprint density at radius 3 is 2.37 bits per heavy atom. The zero-order chi connectivity index (χ0) is 30.8. The minimum Gasteiger partial charge on any atom is -0.458 e. The standard InChI is InChI=1S/C23H18F5IO11S/c1-7(2)17(30)37-8-3-4-12(29)9(5-8)18(31)38-15-11-6-10-13(19(32)39-16(10)15)14(11)20(33)40-21(22(24,25)26)23(27,28)41(34,35)36/h3-5,10-11,13-16,21H,1,6H2,2H3,(H,34,35,36). The van der Waals surface area contributed by atoms with Crippen LogP contribution in [0.4, 0.5) is 22.0 Å². The predicted molar refractivity (Wildman–Crippen MR) is 130 cm³/mol. The van der Waals surface area contributed by atoms with Gasteiger partial charge in [-0.3, -0.25) is 14.1 Å². The van der Waals surface area contributed by atoms with Crippen molar-refractivity contribution in [2.75, 3.05) is 0 Å². The lowest BCUT2D eigenvalue weighted by Crippen LogP contribution is -2.54. The smallest absolute Gasteiger partial charge is 0.432 e. The molecule has 2 aliphatic carbocycles. The monoisotopic (exact) mass is 724 g/mol. The highest BCUT2D eigenvalue weighted by Gasteiger charge is 2.72. The molecular weight excluding hydrogens is 706 g/mol. The molecule has 11 nitrogen and oxygen atoms in total. The van der Waals surface area contributed by atoms with E-state index in [1.807, 2.05) is 0 Å². The van der Waals surface area contributed by atoms with Crippen molar-refractivity contribution in [3.05, 3.63) is 39.5 Å². The van der Waals surface area contributed by atoms with Gasteiger partial charge in [-0.25, -0.2) is 9.59 Å². The maximum atomic E-state index is 14.0. The molecule has 4 rings (SSSR count). The molecule has 2 saturated carbocycles. The van der Waals surface area contributed by atoms with Gasteiger partial charge in [0.2, 0.25) is 0 Å². The third kappa shape index (κ3) is 5.52. The first-order valence-electron chi connectivity index (χ1n) is 11.5. The van der Waals surface area contributed by atoms with Crippen molar-refractivity contribution in [2.45, 2.75) is 43.1 Å². The van der Waals surface area contributed by atoms with Gasteiger partial charge in [-0.2, -0.15) is 30.4 Å². The third-order valence-electron chi connectivity index (χ3n) is 6.96. The Hall–Kier alpha value is -2.87. The predicted octanol–water partition coefficient (Wildman–Crippen LogP) is 3.06. The zero-order valence-corrected chi connectivity index (χ0v) is 23.4. The topological polar surface area (TPSA) is 160 Å². The number of carbonyl (C=O) groups excluding carboxylic acids is 4. The summed E-state index contributed by atoms with van der Waals surface area (Å²) >= 11 is 1.76. The number of rotatable bonds is 8. The van der Waals surface area contributed by atoms with Crippen LogP contribution in [0.2, 0.25) is 0 Å². The van der Waals surface area contributed by atoms with Crippen LogP contribution >= 0.6 is 22.6 Å². The van der Waals surface area contributed by atoms with Crippen molar-refractivity contribution >= 4 is 56.6 Å². The van der Waals surface area contributed by atoms with Gasteiger partial charge in [0.1, 0.15) is 18.0 Å². The van der Waals surface area contributed by atoms with Gasteiger partial charge in [0.05, 0.1) is 17.4 Å². The molecule has 41 heavy (non-hydrogen) atoms. The normalized spacial score (nSPS) is 27.7. The number of benzene rings is 1. The Bertz CT molecular complexity index is 1440. The lowest BCUT2D eigenvalue weighted by Gasteiger charge is -2.32. The van der Waals surface area contributed by atoms with Gasteiger partial charge < -0.3 is 18.9 Å². The molecule has 3 aliphatic rings. The van der Waals surface area contributed by atoms with Crippen molar-refractivity contribution in [1.82, 2.24) is 0 Å². The zero-order valence-electron chi connectivity index (χ0n) is 20.4. The van der Waals surface area contributed by atoms with Gasteiger partial charge in [0.25, 0.3) is 6.10 Å². The van der Waals surface area contributed by atoms with Crippen molar-refractivity contribution in [2.24, 2.45) is 23.7 Å². The van der Waals surface area contributed by atoms with Crippen LogP contribution in [-0.4, -0.2) is 66.6 Å². The first-order valence-corrected chi connectivity index (χ1v) is 14.0. The van der Waals surface area contributed by atoms with E-state index in [1.165, 1.54) is 19.1 Å². The molecule has 0 radical (unpaired) electrons. The average molecular weight is 724 g/mol. The van der Waals surface area contributed by atoms with E-state index in [2.05, 4.69) is 11.3 Å². The molecule has 1 aliphatic heterocycles. The number of esters is 4. The second-order valence-electron chi connectivity index (χ2n) is 9.59. The summed E-state index contributed by atoms with van der Waals surface area (Å²) in [6.07, 6.45) is -13.4. The molecule has 0 amide bonds. The Balaban J connectivity index is 1.59. The fourth-order valence-corrected chi connectivity index (χ4v) is 6.24. The molecule has 1 aromatic rings. The van der Waals surface area contributed by atoms with Crippen molar-refractivity contribution < 1.29 is 73.0 Å². The molecule has 2 bridgehead atoms. The lowest BCUT2D eigenvalue weighted by atomic mass is 9.78. The van der Waals surface area contributed by atoms with Gasteiger partial charge in [-0.1, -0.05) is 6.58 Å². The summed E-state index contributed by atoms with van der Waals surface area (Å²) in [6.45, 7) is 4.82. The highest BCUT2D eigenvalue weighted by Crippen LogP contribution is 2.59. The van der Waals surface area contributed by atoms with E-state index in [4.69, 9.17) is 18.8 Å². The third-order valence-corrected chi connectivity index (χ3v) is 8.80. The van der Waals surface area contributed by atoms with E-state index in [1.54, 1.807) is 22.6 Å². The number of fused-ring (bicyclic) bond motifs is 1. The molecule has 7 atom stereocenters. The highest BCUT2D eigenvalue weighted by atomic mass is 127.